The van der Waals surface area contributed by atoms with E-state index in [9.17, 15) is 8.42 Å². The van der Waals surface area contributed by atoms with Gasteiger partial charge in [0.2, 0.25) is 0 Å². The molecule has 0 radical (unpaired) electrons. The lowest BCUT2D eigenvalue weighted by atomic mass is 10.2. The fraction of sp³-hybridized carbons (Fsp3) is 0.455. The Balaban J connectivity index is 2.14. The van der Waals surface area contributed by atoms with Gasteiger partial charge >= 0.3 is 0 Å². The van der Waals surface area contributed by atoms with Crippen molar-refractivity contribution in [1.29, 1.82) is 0 Å². The zero-order chi connectivity index (χ0) is 12.8. The van der Waals surface area contributed by atoms with Crippen molar-refractivity contribution in [2.45, 2.75) is 24.6 Å². The topological polar surface area (TPSA) is 90.3 Å². The Morgan fingerprint density at radius 1 is 1.44 bits per heavy atom. The van der Waals surface area contributed by atoms with Gasteiger partial charge in [0.05, 0.1) is 11.4 Å². The summed E-state index contributed by atoms with van der Waals surface area (Å²) >= 11 is 0. The van der Waals surface area contributed by atoms with Crippen LogP contribution in [0.15, 0.2) is 18.2 Å². The molecule has 2 aromatic heterocycles. The molecule has 1 aliphatic rings. The van der Waals surface area contributed by atoms with Crippen LogP contribution in [0.1, 0.15) is 29.6 Å². The van der Waals surface area contributed by atoms with Crippen LogP contribution in [-0.2, 0) is 16.4 Å². The summed E-state index contributed by atoms with van der Waals surface area (Å²) in [6, 6.07) is 5.50. The van der Waals surface area contributed by atoms with Gasteiger partial charge < -0.3 is 5.73 Å². The van der Waals surface area contributed by atoms with Crippen LogP contribution < -0.4 is 5.73 Å². The third-order valence-corrected chi connectivity index (χ3v) is 5.45. The summed E-state index contributed by atoms with van der Waals surface area (Å²) in [5, 5.41) is 3.75. The Labute approximate surface area is 105 Å². The van der Waals surface area contributed by atoms with Crippen molar-refractivity contribution in [3.63, 3.8) is 0 Å². The third kappa shape index (κ3) is 1.70. The normalized spacial score (nSPS) is 22.6. The molecule has 1 aliphatic heterocycles. The number of sulfone groups is 1. The maximum atomic E-state index is 11.9. The molecule has 0 aromatic carbocycles. The summed E-state index contributed by atoms with van der Waals surface area (Å²) < 4.78 is 25.4. The number of hydrogen-bond acceptors (Lipinski definition) is 5. The zero-order valence-electron chi connectivity index (χ0n) is 9.78. The molecule has 1 saturated heterocycles. The lowest BCUT2D eigenvalue weighted by molar-refractivity contribution is 0.588. The van der Waals surface area contributed by atoms with Gasteiger partial charge in [0.25, 0.3) is 0 Å². The first-order chi connectivity index (χ1) is 8.62. The predicted octanol–water partition coefficient (Wildman–Crippen LogP) is 0.438. The average molecular weight is 266 g/mol. The minimum Gasteiger partial charge on any atom is -0.325 e. The Kier molecular flexibility index (Phi) is 2.60. The molecule has 1 unspecified atom stereocenters. The first-order valence-corrected chi connectivity index (χ1v) is 7.59. The molecule has 0 aliphatic carbocycles. The van der Waals surface area contributed by atoms with Crippen LogP contribution in [0.2, 0.25) is 0 Å². The van der Waals surface area contributed by atoms with Gasteiger partial charge in [-0.2, -0.15) is 0 Å². The summed E-state index contributed by atoms with van der Waals surface area (Å²) in [5.41, 5.74) is 7.09. The van der Waals surface area contributed by atoms with Crippen LogP contribution in [-0.4, -0.2) is 28.8 Å². The molecular formula is C11H14N4O2S. The van der Waals surface area contributed by atoms with E-state index in [1.54, 1.807) is 10.6 Å². The molecule has 0 bridgehead atoms. The molecule has 18 heavy (non-hydrogen) atoms. The Morgan fingerprint density at radius 3 is 2.94 bits per heavy atom. The number of pyridine rings is 1. The van der Waals surface area contributed by atoms with E-state index in [4.69, 9.17) is 5.73 Å². The van der Waals surface area contributed by atoms with Gasteiger partial charge in [0.15, 0.2) is 21.3 Å². The Morgan fingerprint density at radius 2 is 2.28 bits per heavy atom. The minimum atomic E-state index is -3.08. The Hall–Kier alpha value is -1.47. The van der Waals surface area contributed by atoms with E-state index < -0.39 is 15.1 Å². The van der Waals surface area contributed by atoms with E-state index in [0.29, 0.717) is 30.9 Å². The van der Waals surface area contributed by atoms with Crippen LogP contribution in [0.5, 0.6) is 0 Å². The number of nitrogens with two attached hydrogens (primary N) is 1. The van der Waals surface area contributed by atoms with E-state index in [2.05, 4.69) is 10.1 Å². The second-order valence-corrected chi connectivity index (χ2v) is 6.76. The van der Waals surface area contributed by atoms with Gasteiger partial charge in [-0.25, -0.2) is 17.9 Å². The number of nitrogens with zero attached hydrogens (tertiary/aromatic N) is 3. The fourth-order valence-corrected chi connectivity index (χ4v) is 4.15. The molecule has 2 aromatic rings. The SMILES string of the molecule is NCc1cccc2nc(C3CCCS3(=O)=O)nn12. The maximum absolute atomic E-state index is 11.9. The summed E-state index contributed by atoms with van der Waals surface area (Å²) in [5.74, 6) is 0.630. The molecule has 2 N–H and O–H groups in total. The largest absolute Gasteiger partial charge is 0.325 e. The summed E-state index contributed by atoms with van der Waals surface area (Å²) in [6.07, 6.45) is 1.30. The smallest absolute Gasteiger partial charge is 0.169 e. The first kappa shape index (κ1) is 11.6. The highest BCUT2D eigenvalue weighted by molar-refractivity contribution is 7.91. The first-order valence-electron chi connectivity index (χ1n) is 5.88. The highest BCUT2D eigenvalue weighted by Gasteiger charge is 2.35. The molecule has 7 heteroatoms. The van der Waals surface area contributed by atoms with Gasteiger partial charge in [-0.05, 0) is 25.0 Å². The van der Waals surface area contributed by atoms with Gasteiger partial charge in [-0.1, -0.05) is 6.07 Å². The summed E-state index contributed by atoms with van der Waals surface area (Å²) in [6.45, 7) is 0.345. The van der Waals surface area contributed by atoms with Crippen molar-refractivity contribution in [3.05, 3.63) is 29.7 Å². The number of fused-ring (bicyclic) bond motifs is 1. The van der Waals surface area contributed by atoms with Crippen molar-refractivity contribution in [2.24, 2.45) is 5.73 Å². The van der Waals surface area contributed by atoms with Crippen molar-refractivity contribution in [3.8, 4) is 0 Å². The fourth-order valence-electron chi connectivity index (χ4n) is 2.35. The van der Waals surface area contributed by atoms with E-state index in [1.807, 2.05) is 12.1 Å². The molecule has 0 saturated carbocycles. The van der Waals surface area contributed by atoms with Crippen LogP contribution in [0.3, 0.4) is 0 Å². The van der Waals surface area contributed by atoms with Crippen LogP contribution >= 0.6 is 0 Å². The molecule has 0 spiro atoms. The van der Waals surface area contributed by atoms with E-state index in [-0.39, 0.29) is 5.75 Å². The van der Waals surface area contributed by atoms with Gasteiger partial charge in [-0.3, -0.25) is 0 Å². The summed E-state index contributed by atoms with van der Waals surface area (Å²) in [7, 11) is -3.08. The quantitative estimate of drug-likeness (QED) is 0.851. The van der Waals surface area contributed by atoms with Crippen molar-refractivity contribution in [1.82, 2.24) is 14.6 Å². The molecule has 1 atom stereocenters. The van der Waals surface area contributed by atoms with Crippen molar-refractivity contribution >= 4 is 15.5 Å². The predicted molar refractivity (Wildman–Crippen MR) is 66.6 cm³/mol. The standard InChI is InChI=1S/C11H14N4O2S/c12-7-8-3-1-5-10-13-11(14-15(8)10)9-4-2-6-18(9,16)17/h1,3,5,9H,2,4,6-7,12H2. The van der Waals surface area contributed by atoms with E-state index in [1.165, 1.54) is 0 Å². The molecule has 1 fully saturated rings. The minimum absolute atomic E-state index is 0.233. The maximum Gasteiger partial charge on any atom is 0.169 e. The second kappa shape index (κ2) is 4.03. The zero-order valence-corrected chi connectivity index (χ0v) is 10.6. The van der Waals surface area contributed by atoms with E-state index in [0.717, 1.165) is 5.69 Å². The molecule has 96 valence electrons. The van der Waals surface area contributed by atoms with Crippen LogP contribution in [0, 0.1) is 0 Å². The van der Waals surface area contributed by atoms with Gasteiger partial charge in [0.1, 0.15) is 5.25 Å². The summed E-state index contributed by atoms with van der Waals surface area (Å²) in [4.78, 5) is 4.32. The number of rotatable bonds is 2. The molecular weight excluding hydrogens is 252 g/mol. The van der Waals surface area contributed by atoms with Crippen molar-refractivity contribution < 1.29 is 8.42 Å². The van der Waals surface area contributed by atoms with Gasteiger partial charge in [0, 0.05) is 6.54 Å². The number of aromatic nitrogens is 3. The molecule has 3 heterocycles. The van der Waals surface area contributed by atoms with Crippen molar-refractivity contribution in [2.75, 3.05) is 5.75 Å². The second-order valence-electron chi connectivity index (χ2n) is 4.46. The number of hydrogen-bond donors (Lipinski definition) is 1. The average Bonchev–Trinajstić information content (AvgIpc) is 2.90. The Bertz CT molecular complexity index is 692. The lowest BCUT2D eigenvalue weighted by Gasteiger charge is -2.02. The molecule has 6 nitrogen and oxygen atoms in total. The molecule has 3 rings (SSSR count). The highest BCUT2D eigenvalue weighted by atomic mass is 32.2. The van der Waals surface area contributed by atoms with Crippen LogP contribution in [0.25, 0.3) is 5.65 Å². The third-order valence-electron chi connectivity index (χ3n) is 3.28. The lowest BCUT2D eigenvalue weighted by Crippen LogP contribution is -2.10. The van der Waals surface area contributed by atoms with E-state index >= 15 is 0 Å². The monoisotopic (exact) mass is 266 g/mol. The molecule has 0 amide bonds. The van der Waals surface area contributed by atoms with Crippen LogP contribution in [0.4, 0.5) is 0 Å². The highest BCUT2D eigenvalue weighted by Crippen LogP contribution is 2.32. The van der Waals surface area contributed by atoms with Gasteiger partial charge in [-0.15, -0.1) is 5.10 Å².